The van der Waals surface area contributed by atoms with Crippen molar-refractivity contribution in [3.8, 4) is 16.9 Å². The van der Waals surface area contributed by atoms with E-state index in [0.717, 1.165) is 24.8 Å². The maximum Gasteiger partial charge on any atom is 0.134 e. The summed E-state index contributed by atoms with van der Waals surface area (Å²) in [5, 5.41) is 0. The highest BCUT2D eigenvalue weighted by molar-refractivity contribution is 5.65. The summed E-state index contributed by atoms with van der Waals surface area (Å²) in [6.07, 6.45) is 12.3. The molecule has 0 bridgehead atoms. The molecule has 0 aliphatic heterocycles. The normalized spacial score (nSPS) is 16.1. The standard InChI is InChI=1S/C26H35FO/c1-3-5-12-26(22-10-7-6-8-11-22)28-23-17-18-24(25(27)19-23)21-15-13-20(9-4-2)14-16-21/h13-19,22,26H,3-12H2,1-2H3. The second-order valence-corrected chi connectivity index (χ2v) is 8.29. The van der Waals surface area contributed by atoms with Crippen molar-refractivity contribution in [2.24, 2.45) is 5.92 Å². The van der Waals surface area contributed by atoms with Gasteiger partial charge in [0.25, 0.3) is 0 Å². The quantitative estimate of drug-likeness (QED) is 0.427. The molecule has 1 aliphatic rings. The largest absolute Gasteiger partial charge is 0.490 e. The SMILES string of the molecule is CCCCC(Oc1ccc(-c2ccc(CCC)cc2)c(F)c1)C1CCCCC1. The Labute approximate surface area is 170 Å². The summed E-state index contributed by atoms with van der Waals surface area (Å²) >= 11 is 0. The van der Waals surface area contributed by atoms with E-state index in [4.69, 9.17) is 4.74 Å². The van der Waals surface area contributed by atoms with Crippen molar-refractivity contribution < 1.29 is 9.13 Å². The van der Waals surface area contributed by atoms with Crippen LogP contribution >= 0.6 is 0 Å². The number of aryl methyl sites for hydroxylation is 1. The van der Waals surface area contributed by atoms with E-state index in [-0.39, 0.29) is 11.9 Å². The Hall–Kier alpha value is -1.83. The molecule has 28 heavy (non-hydrogen) atoms. The molecule has 0 radical (unpaired) electrons. The van der Waals surface area contributed by atoms with Crippen LogP contribution in [-0.4, -0.2) is 6.10 Å². The zero-order valence-corrected chi connectivity index (χ0v) is 17.6. The fourth-order valence-electron chi connectivity index (χ4n) is 4.42. The molecule has 1 atom stereocenters. The molecule has 0 spiro atoms. The monoisotopic (exact) mass is 382 g/mol. The molecule has 1 aliphatic carbocycles. The lowest BCUT2D eigenvalue weighted by atomic mass is 9.83. The highest BCUT2D eigenvalue weighted by atomic mass is 19.1. The number of halogens is 1. The van der Waals surface area contributed by atoms with Crippen molar-refractivity contribution in [1.82, 2.24) is 0 Å². The Morgan fingerprint density at radius 1 is 0.964 bits per heavy atom. The van der Waals surface area contributed by atoms with E-state index in [1.165, 1.54) is 50.5 Å². The van der Waals surface area contributed by atoms with Gasteiger partial charge in [0.2, 0.25) is 0 Å². The van der Waals surface area contributed by atoms with E-state index in [9.17, 15) is 4.39 Å². The molecule has 3 rings (SSSR count). The fourth-order valence-corrected chi connectivity index (χ4v) is 4.42. The second kappa shape index (κ2) is 10.6. The molecule has 1 nitrogen and oxygen atoms in total. The summed E-state index contributed by atoms with van der Waals surface area (Å²) in [7, 11) is 0. The van der Waals surface area contributed by atoms with Crippen LogP contribution in [0, 0.1) is 11.7 Å². The van der Waals surface area contributed by atoms with E-state index in [1.54, 1.807) is 6.07 Å². The number of unbranched alkanes of at least 4 members (excludes halogenated alkanes) is 1. The van der Waals surface area contributed by atoms with Gasteiger partial charge in [-0.05, 0) is 54.9 Å². The van der Waals surface area contributed by atoms with Gasteiger partial charge in [0.15, 0.2) is 0 Å². The first-order valence-electron chi connectivity index (χ1n) is 11.3. The summed E-state index contributed by atoms with van der Waals surface area (Å²) in [5.41, 5.74) is 2.88. The average Bonchev–Trinajstić information content (AvgIpc) is 2.73. The van der Waals surface area contributed by atoms with Crippen LogP contribution in [0.5, 0.6) is 5.75 Å². The Morgan fingerprint density at radius 3 is 2.36 bits per heavy atom. The Bertz CT molecular complexity index is 716. The minimum atomic E-state index is -0.196. The van der Waals surface area contributed by atoms with Gasteiger partial charge in [-0.1, -0.05) is 76.6 Å². The molecular weight excluding hydrogens is 347 g/mol. The summed E-state index contributed by atoms with van der Waals surface area (Å²) in [4.78, 5) is 0. The number of ether oxygens (including phenoxy) is 1. The number of rotatable bonds is 9. The van der Waals surface area contributed by atoms with Gasteiger partial charge in [0.05, 0.1) is 0 Å². The van der Waals surface area contributed by atoms with E-state index >= 15 is 0 Å². The maximum absolute atomic E-state index is 14.8. The second-order valence-electron chi connectivity index (χ2n) is 8.29. The third-order valence-electron chi connectivity index (χ3n) is 6.05. The highest BCUT2D eigenvalue weighted by Gasteiger charge is 2.25. The van der Waals surface area contributed by atoms with Gasteiger partial charge in [-0.2, -0.15) is 0 Å². The zero-order valence-electron chi connectivity index (χ0n) is 17.6. The van der Waals surface area contributed by atoms with Crippen molar-refractivity contribution in [3.05, 3.63) is 53.8 Å². The van der Waals surface area contributed by atoms with Crippen molar-refractivity contribution in [3.63, 3.8) is 0 Å². The lowest BCUT2D eigenvalue weighted by Crippen LogP contribution is -2.29. The van der Waals surface area contributed by atoms with Crippen LogP contribution in [0.3, 0.4) is 0 Å². The van der Waals surface area contributed by atoms with Gasteiger partial charge in [0.1, 0.15) is 17.7 Å². The topological polar surface area (TPSA) is 9.23 Å². The summed E-state index contributed by atoms with van der Waals surface area (Å²) in [6, 6.07) is 13.7. The third-order valence-corrected chi connectivity index (χ3v) is 6.05. The van der Waals surface area contributed by atoms with Crippen LogP contribution < -0.4 is 4.74 Å². The first-order valence-corrected chi connectivity index (χ1v) is 11.3. The van der Waals surface area contributed by atoms with Gasteiger partial charge in [-0.3, -0.25) is 0 Å². The van der Waals surface area contributed by atoms with Crippen LogP contribution in [0.1, 0.15) is 77.2 Å². The Balaban J connectivity index is 1.72. The van der Waals surface area contributed by atoms with Crippen molar-refractivity contribution in [2.45, 2.75) is 84.2 Å². The lowest BCUT2D eigenvalue weighted by Gasteiger charge is -2.31. The maximum atomic E-state index is 14.8. The predicted octanol–water partition coefficient (Wildman–Crippen LogP) is 7.96. The lowest BCUT2D eigenvalue weighted by molar-refractivity contribution is 0.0971. The summed E-state index contributed by atoms with van der Waals surface area (Å²) in [5.74, 6) is 1.10. The van der Waals surface area contributed by atoms with Gasteiger partial charge < -0.3 is 4.74 Å². The minimum Gasteiger partial charge on any atom is -0.490 e. The van der Waals surface area contributed by atoms with E-state index < -0.39 is 0 Å². The van der Waals surface area contributed by atoms with Gasteiger partial charge in [-0.25, -0.2) is 4.39 Å². The molecular formula is C26H35FO. The third kappa shape index (κ3) is 5.59. The fraction of sp³-hybridized carbons (Fsp3) is 0.538. The molecule has 0 N–H and O–H groups in total. The van der Waals surface area contributed by atoms with Crippen LogP contribution in [0.25, 0.3) is 11.1 Å². The molecule has 1 fully saturated rings. The smallest absolute Gasteiger partial charge is 0.134 e. The number of benzene rings is 2. The van der Waals surface area contributed by atoms with Crippen LogP contribution in [-0.2, 0) is 6.42 Å². The van der Waals surface area contributed by atoms with E-state index in [0.29, 0.717) is 17.2 Å². The van der Waals surface area contributed by atoms with Crippen molar-refractivity contribution in [1.29, 1.82) is 0 Å². The predicted molar refractivity (Wildman–Crippen MR) is 116 cm³/mol. The Kier molecular flexibility index (Phi) is 7.94. The van der Waals surface area contributed by atoms with Crippen molar-refractivity contribution >= 4 is 0 Å². The molecule has 2 aromatic rings. The van der Waals surface area contributed by atoms with Gasteiger partial charge in [0, 0.05) is 11.6 Å². The van der Waals surface area contributed by atoms with Crippen molar-refractivity contribution in [2.75, 3.05) is 0 Å². The van der Waals surface area contributed by atoms with Gasteiger partial charge in [-0.15, -0.1) is 0 Å². The first kappa shape index (κ1) is 20.9. The van der Waals surface area contributed by atoms with Crippen LogP contribution in [0.2, 0.25) is 0 Å². The molecule has 1 unspecified atom stereocenters. The number of hydrogen-bond donors (Lipinski definition) is 0. The first-order chi connectivity index (χ1) is 13.7. The molecule has 0 amide bonds. The molecule has 1 saturated carbocycles. The summed E-state index contributed by atoms with van der Waals surface area (Å²) < 4.78 is 21.2. The van der Waals surface area contributed by atoms with E-state index in [1.807, 2.05) is 24.3 Å². The summed E-state index contributed by atoms with van der Waals surface area (Å²) in [6.45, 7) is 4.39. The minimum absolute atomic E-state index is 0.196. The molecule has 0 heterocycles. The molecule has 152 valence electrons. The van der Waals surface area contributed by atoms with Crippen LogP contribution in [0.15, 0.2) is 42.5 Å². The molecule has 2 heteroatoms. The zero-order chi connectivity index (χ0) is 19.8. The van der Waals surface area contributed by atoms with E-state index in [2.05, 4.69) is 26.0 Å². The Morgan fingerprint density at radius 2 is 1.71 bits per heavy atom. The van der Waals surface area contributed by atoms with Gasteiger partial charge >= 0.3 is 0 Å². The molecule has 2 aromatic carbocycles. The van der Waals surface area contributed by atoms with Crippen LogP contribution in [0.4, 0.5) is 4.39 Å². The highest BCUT2D eigenvalue weighted by Crippen LogP contribution is 2.33. The molecule has 0 aromatic heterocycles. The average molecular weight is 383 g/mol. The molecule has 0 saturated heterocycles. The number of hydrogen-bond acceptors (Lipinski definition) is 1.